The molecular formula is C11H12N4O2. The summed E-state index contributed by atoms with van der Waals surface area (Å²) in [6, 6.07) is 3.12. The van der Waals surface area contributed by atoms with E-state index >= 15 is 0 Å². The van der Waals surface area contributed by atoms with Crippen molar-refractivity contribution in [1.82, 2.24) is 20.1 Å². The first-order chi connectivity index (χ1) is 8.16. The maximum atomic E-state index is 11.7. The molecule has 17 heavy (non-hydrogen) atoms. The lowest BCUT2D eigenvalue weighted by Gasteiger charge is -2.01. The van der Waals surface area contributed by atoms with Crippen molar-refractivity contribution >= 4 is 5.91 Å². The first-order valence-electron chi connectivity index (χ1n) is 5.10. The van der Waals surface area contributed by atoms with Crippen LogP contribution in [-0.4, -0.2) is 20.7 Å². The summed E-state index contributed by atoms with van der Waals surface area (Å²) < 4.78 is 1.65. The Labute approximate surface area is 97.3 Å². The van der Waals surface area contributed by atoms with Gasteiger partial charge in [0.1, 0.15) is 5.56 Å². The summed E-state index contributed by atoms with van der Waals surface area (Å²) in [6.07, 6.45) is 4.66. The van der Waals surface area contributed by atoms with E-state index in [4.69, 9.17) is 0 Å². The first kappa shape index (κ1) is 11.1. The molecule has 88 valence electrons. The van der Waals surface area contributed by atoms with Crippen molar-refractivity contribution in [2.75, 3.05) is 0 Å². The second-order valence-corrected chi connectivity index (χ2v) is 3.59. The summed E-state index contributed by atoms with van der Waals surface area (Å²) in [5.74, 6) is -0.405. The van der Waals surface area contributed by atoms with Gasteiger partial charge in [0.05, 0.1) is 12.2 Å². The fourth-order valence-corrected chi connectivity index (χ4v) is 1.42. The number of nitrogens with one attached hydrogen (secondary N) is 2. The van der Waals surface area contributed by atoms with Gasteiger partial charge in [0.2, 0.25) is 0 Å². The molecule has 0 spiro atoms. The van der Waals surface area contributed by atoms with Crippen molar-refractivity contribution in [3.63, 3.8) is 0 Å². The summed E-state index contributed by atoms with van der Waals surface area (Å²) in [5.41, 5.74) is 0.541. The van der Waals surface area contributed by atoms with Gasteiger partial charge in [-0.1, -0.05) is 0 Å². The van der Waals surface area contributed by atoms with Crippen molar-refractivity contribution < 1.29 is 4.79 Å². The van der Waals surface area contributed by atoms with Gasteiger partial charge in [-0.05, 0) is 6.07 Å². The Morgan fingerprint density at radius 3 is 3.00 bits per heavy atom. The minimum Gasteiger partial charge on any atom is -0.367 e. The maximum Gasteiger partial charge on any atom is 0.257 e. The van der Waals surface area contributed by atoms with Crippen molar-refractivity contribution in [2.45, 2.75) is 6.54 Å². The second-order valence-electron chi connectivity index (χ2n) is 3.59. The third kappa shape index (κ3) is 2.60. The van der Waals surface area contributed by atoms with E-state index in [1.54, 1.807) is 24.0 Å². The monoisotopic (exact) mass is 232 g/mol. The van der Waals surface area contributed by atoms with Crippen LogP contribution in [0.4, 0.5) is 0 Å². The van der Waals surface area contributed by atoms with Gasteiger partial charge in [-0.2, -0.15) is 5.10 Å². The van der Waals surface area contributed by atoms with Crippen LogP contribution in [0.1, 0.15) is 16.1 Å². The van der Waals surface area contributed by atoms with Crippen LogP contribution in [0.2, 0.25) is 0 Å². The number of amides is 1. The van der Waals surface area contributed by atoms with Gasteiger partial charge >= 0.3 is 0 Å². The highest BCUT2D eigenvalue weighted by Gasteiger charge is 2.09. The number of H-pyrrole nitrogens is 1. The van der Waals surface area contributed by atoms with Crippen molar-refractivity contribution in [3.8, 4) is 0 Å². The molecule has 6 nitrogen and oxygen atoms in total. The highest BCUT2D eigenvalue weighted by atomic mass is 16.2. The molecule has 0 aliphatic rings. The van der Waals surface area contributed by atoms with Gasteiger partial charge in [0.25, 0.3) is 5.91 Å². The highest BCUT2D eigenvalue weighted by Crippen LogP contribution is 1.94. The molecule has 0 saturated heterocycles. The number of aryl methyl sites for hydroxylation is 1. The van der Waals surface area contributed by atoms with Crippen LogP contribution in [0.25, 0.3) is 0 Å². The average Bonchev–Trinajstić information content (AvgIpc) is 2.73. The quantitative estimate of drug-likeness (QED) is 0.784. The molecule has 0 bridgehead atoms. The standard InChI is InChI=1S/C11H12N4O2/c1-15-5-3-8(14-15)6-13-11(17)9-7-12-4-2-10(9)16/h2-5,7H,6H2,1H3,(H,12,16)(H,13,17). The van der Waals surface area contributed by atoms with Crippen LogP contribution < -0.4 is 10.7 Å². The minimum atomic E-state index is -0.405. The average molecular weight is 232 g/mol. The second kappa shape index (κ2) is 4.65. The molecule has 0 aliphatic heterocycles. The molecule has 2 aromatic heterocycles. The summed E-state index contributed by atoms with van der Waals surface area (Å²) in [7, 11) is 1.80. The van der Waals surface area contributed by atoms with E-state index in [2.05, 4.69) is 15.4 Å². The fourth-order valence-electron chi connectivity index (χ4n) is 1.42. The van der Waals surface area contributed by atoms with E-state index in [1.807, 2.05) is 0 Å². The highest BCUT2D eigenvalue weighted by molar-refractivity contribution is 5.93. The maximum absolute atomic E-state index is 11.7. The molecule has 2 rings (SSSR count). The van der Waals surface area contributed by atoms with Gasteiger partial charge in [-0.25, -0.2) is 0 Å². The first-order valence-corrected chi connectivity index (χ1v) is 5.10. The Morgan fingerprint density at radius 1 is 1.53 bits per heavy atom. The Morgan fingerprint density at radius 2 is 2.35 bits per heavy atom. The third-order valence-corrected chi connectivity index (χ3v) is 2.27. The molecule has 2 heterocycles. The van der Waals surface area contributed by atoms with E-state index < -0.39 is 5.91 Å². The van der Waals surface area contributed by atoms with Crippen LogP contribution in [-0.2, 0) is 13.6 Å². The van der Waals surface area contributed by atoms with Crippen molar-refractivity contribution in [3.05, 3.63) is 52.2 Å². The molecule has 0 fully saturated rings. The topological polar surface area (TPSA) is 79.8 Å². The fraction of sp³-hybridized carbons (Fsp3) is 0.182. The predicted octanol–water partition coefficient (Wildman–Crippen LogP) is 0.0384. The van der Waals surface area contributed by atoms with Crippen LogP contribution in [0, 0.1) is 0 Å². The Balaban J connectivity index is 2.03. The Kier molecular flexibility index (Phi) is 3.04. The predicted molar refractivity (Wildman–Crippen MR) is 61.4 cm³/mol. The Hall–Kier alpha value is -2.37. The van der Waals surface area contributed by atoms with E-state index in [1.165, 1.54) is 18.5 Å². The van der Waals surface area contributed by atoms with Gasteiger partial charge in [0.15, 0.2) is 5.43 Å². The molecule has 0 unspecified atom stereocenters. The molecule has 0 aliphatic carbocycles. The number of aromatic nitrogens is 3. The van der Waals surface area contributed by atoms with Crippen LogP contribution in [0.15, 0.2) is 35.5 Å². The number of hydrogen-bond donors (Lipinski definition) is 2. The van der Waals surface area contributed by atoms with E-state index in [0.29, 0.717) is 6.54 Å². The number of aromatic amines is 1. The van der Waals surface area contributed by atoms with E-state index in [-0.39, 0.29) is 11.0 Å². The number of rotatable bonds is 3. The van der Waals surface area contributed by atoms with E-state index in [0.717, 1.165) is 5.69 Å². The molecule has 0 saturated carbocycles. The smallest absolute Gasteiger partial charge is 0.257 e. The summed E-state index contributed by atoms with van der Waals surface area (Å²) in [5, 5.41) is 6.75. The molecule has 6 heteroatoms. The summed E-state index contributed by atoms with van der Waals surface area (Å²) in [6.45, 7) is 0.300. The summed E-state index contributed by atoms with van der Waals surface area (Å²) >= 11 is 0. The van der Waals surface area contributed by atoms with Gasteiger partial charge < -0.3 is 10.3 Å². The molecule has 2 N–H and O–H groups in total. The number of carbonyl (C=O) groups is 1. The van der Waals surface area contributed by atoms with Crippen LogP contribution in [0.3, 0.4) is 0 Å². The van der Waals surface area contributed by atoms with Crippen LogP contribution >= 0.6 is 0 Å². The molecule has 0 aromatic carbocycles. The van der Waals surface area contributed by atoms with Crippen molar-refractivity contribution in [1.29, 1.82) is 0 Å². The largest absolute Gasteiger partial charge is 0.367 e. The molecular weight excluding hydrogens is 220 g/mol. The van der Waals surface area contributed by atoms with Crippen LogP contribution in [0.5, 0.6) is 0 Å². The molecule has 2 aromatic rings. The number of pyridine rings is 1. The minimum absolute atomic E-state index is 0.100. The molecule has 1 amide bonds. The number of hydrogen-bond acceptors (Lipinski definition) is 3. The normalized spacial score (nSPS) is 10.2. The lowest BCUT2D eigenvalue weighted by atomic mass is 10.2. The zero-order chi connectivity index (χ0) is 12.3. The van der Waals surface area contributed by atoms with Crippen molar-refractivity contribution in [2.24, 2.45) is 7.05 Å². The zero-order valence-corrected chi connectivity index (χ0v) is 9.30. The Bertz CT molecular complexity index is 585. The molecule has 0 radical (unpaired) electrons. The third-order valence-electron chi connectivity index (χ3n) is 2.27. The van der Waals surface area contributed by atoms with E-state index in [9.17, 15) is 9.59 Å². The number of carbonyl (C=O) groups excluding carboxylic acids is 1. The lowest BCUT2D eigenvalue weighted by Crippen LogP contribution is -2.28. The van der Waals surface area contributed by atoms with Gasteiger partial charge in [0, 0.05) is 31.7 Å². The number of nitrogens with zero attached hydrogens (tertiary/aromatic N) is 2. The zero-order valence-electron chi connectivity index (χ0n) is 9.30. The van der Waals surface area contributed by atoms with Gasteiger partial charge in [-0.3, -0.25) is 14.3 Å². The van der Waals surface area contributed by atoms with Gasteiger partial charge in [-0.15, -0.1) is 0 Å². The lowest BCUT2D eigenvalue weighted by molar-refractivity contribution is 0.0949. The summed E-state index contributed by atoms with van der Waals surface area (Å²) in [4.78, 5) is 25.8. The SMILES string of the molecule is Cn1ccc(CNC(=O)c2c[nH]ccc2=O)n1. The molecule has 0 atom stereocenters.